The van der Waals surface area contributed by atoms with Crippen LogP contribution >= 0.6 is 0 Å². The molecule has 0 bridgehead atoms. The lowest BCUT2D eigenvalue weighted by molar-refractivity contribution is -0.460. The maximum atomic E-state index is 14.1. The van der Waals surface area contributed by atoms with Gasteiger partial charge in [0, 0.05) is 6.07 Å². The highest BCUT2D eigenvalue weighted by atomic mass is 19.4. The second-order valence-corrected chi connectivity index (χ2v) is 6.83. The smallest absolute Gasteiger partial charge is 0.428 e. The maximum Gasteiger partial charge on any atom is 0.462 e. The highest BCUT2D eigenvalue weighted by Gasteiger charge is 2.76. The Balaban J connectivity index is 2.09. The van der Waals surface area contributed by atoms with Gasteiger partial charge in [0.05, 0.1) is 5.69 Å². The van der Waals surface area contributed by atoms with E-state index in [2.05, 4.69) is 9.47 Å². The van der Waals surface area contributed by atoms with Gasteiger partial charge in [-0.05, 0) is 24.3 Å². The van der Waals surface area contributed by atoms with Gasteiger partial charge in [0.15, 0.2) is 0 Å². The Bertz CT molecular complexity index is 1180. The number of carbonyl (C=O) groups excluding carboxylic acids is 2. The second-order valence-electron chi connectivity index (χ2n) is 6.83. The number of anilines is 1. The quantitative estimate of drug-likeness (QED) is 0.371. The monoisotopic (exact) mass is 576 g/mol. The Morgan fingerprint density at radius 3 is 1.87 bits per heavy atom. The van der Waals surface area contributed by atoms with Gasteiger partial charge in [-0.15, -0.1) is 0 Å². The zero-order chi connectivity index (χ0) is 29.3. The van der Waals surface area contributed by atoms with Crippen LogP contribution in [0.3, 0.4) is 0 Å². The summed E-state index contributed by atoms with van der Waals surface area (Å²) in [5.41, 5.74) is -2.14. The first-order valence-corrected chi connectivity index (χ1v) is 9.26. The van der Waals surface area contributed by atoms with Gasteiger partial charge in [-0.25, -0.2) is 22.4 Å². The molecule has 6 nitrogen and oxygen atoms in total. The first kappa shape index (κ1) is 30.5. The number of imide groups is 1. The molecule has 0 spiro atoms. The number of benzene rings is 2. The van der Waals surface area contributed by atoms with E-state index >= 15 is 0 Å². The molecule has 0 aromatic heterocycles. The lowest BCUT2D eigenvalue weighted by Crippen LogP contribution is -2.56. The lowest BCUT2D eigenvalue weighted by atomic mass is 10.2. The van der Waals surface area contributed by atoms with Crippen molar-refractivity contribution in [3.8, 4) is 5.75 Å². The van der Waals surface area contributed by atoms with E-state index in [1.807, 2.05) is 0 Å². The van der Waals surface area contributed by atoms with E-state index in [-0.39, 0.29) is 6.07 Å². The fourth-order valence-electron chi connectivity index (χ4n) is 2.34. The summed E-state index contributed by atoms with van der Waals surface area (Å²) in [6.07, 6.45) is -24.5. The van der Waals surface area contributed by atoms with Crippen molar-refractivity contribution in [1.29, 1.82) is 0 Å². The number of alkyl halides is 10. The Morgan fingerprint density at radius 1 is 0.816 bits per heavy atom. The minimum absolute atomic E-state index is 0.0724. The van der Waals surface area contributed by atoms with Gasteiger partial charge in [0.2, 0.25) is 0 Å². The number of nitrogens with one attached hydrogen (secondary N) is 2. The van der Waals surface area contributed by atoms with Crippen molar-refractivity contribution in [3.05, 3.63) is 59.4 Å². The summed E-state index contributed by atoms with van der Waals surface area (Å²) < 4.78 is 175. The minimum Gasteiger partial charge on any atom is -0.428 e. The predicted octanol–water partition coefficient (Wildman–Crippen LogP) is 6.14. The zero-order valence-corrected chi connectivity index (χ0v) is 17.6. The van der Waals surface area contributed by atoms with Crippen molar-refractivity contribution in [3.63, 3.8) is 0 Å². The third kappa shape index (κ3) is 6.56. The molecule has 2 aromatic rings. The molecular formula is C19H9F13N2O4. The Kier molecular flexibility index (Phi) is 8.45. The van der Waals surface area contributed by atoms with Crippen LogP contribution in [0.2, 0.25) is 0 Å². The van der Waals surface area contributed by atoms with Crippen LogP contribution in [0, 0.1) is 17.5 Å². The minimum atomic E-state index is -7.10. The molecule has 210 valence electrons. The number of ether oxygens (including phenoxy) is 2. The van der Waals surface area contributed by atoms with Crippen LogP contribution in [0.1, 0.15) is 10.4 Å². The van der Waals surface area contributed by atoms with E-state index in [0.29, 0.717) is 24.3 Å². The number of halogens is 13. The van der Waals surface area contributed by atoms with Gasteiger partial charge >= 0.3 is 36.7 Å². The van der Waals surface area contributed by atoms with Crippen LogP contribution < -0.4 is 15.4 Å². The van der Waals surface area contributed by atoms with E-state index in [0.717, 1.165) is 6.07 Å². The number of amides is 3. The van der Waals surface area contributed by atoms with E-state index in [9.17, 15) is 66.7 Å². The third-order valence-electron chi connectivity index (χ3n) is 4.10. The predicted molar refractivity (Wildman–Crippen MR) is 96.7 cm³/mol. The summed E-state index contributed by atoms with van der Waals surface area (Å²) in [5.74, 6) is -14.6. The van der Waals surface area contributed by atoms with Gasteiger partial charge in [0.25, 0.3) is 5.91 Å². The normalized spacial score (nSPS) is 13.6. The first-order chi connectivity index (χ1) is 17.2. The zero-order valence-electron chi connectivity index (χ0n) is 17.6. The molecule has 1 atom stereocenters. The summed E-state index contributed by atoms with van der Waals surface area (Å²) >= 11 is 0. The molecular weight excluding hydrogens is 567 g/mol. The van der Waals surface area contributed by atoms with Crippen LogP contribution in [0.4, 0.5) is 67.6 Å². The highest BCUT2D eigenvalue weighted by Crippen LogP contribution is 2.48. The SMILES string of the molecule is O=C(NC(=O)c1c(F)cccc1F)Nc1ccc(OC(F)(F)C(F)OC(F)(F)C(F)(F)C(F)(F)F)cc1F. The molecule has 2 rings (SSSR count). The average molecular weight is 576 g/mol. The van der Waals surface area contributed by atoms with Crippen LogP contribution in [0.5, 0.6) is 5.75 Å². The van der Waals surface area contributed by atoms with Crippen LogP contribution in [0.25, 0.3) is 0 Å². The standard InChI is InChI=1S/C19H9F13N2O4/c20-8-2-1-3-9(21)12(8)13(35)34-15(36)33-11-5-4-7(6-10(11)22)37-16(24,25)14(23)38-19(31,32)17(26,27)18(28,29)30/h1-6,14H,(H2,33,34,35,36). The molecule has 0 fully saturated rings. The number of hydrogen-bond acceptors (Lipinski definition) is 4. The van der Waals surface area contributed by atoms with Crippen molar-refractivity contribution in [2.24, 2.45) is 0 Å². The van der Waals surface area contributed by atoms with Gasteiger partial charge in [-0.1, -0.05) is 6.07 Å². The number of hydrogen-bond donors (Lipinski definition) is 2. The Morgan fingerprint density at radius 2 is 1.37 bits per heavy atom. The largest absolute Gasteiger partial charge is 0.462 e. The topological polar surface area (TPSA) is 76.7 Å². The Hall–Kier alpha value is -3.77. The molecule has 0 aliphatic rings. The van der Waals surface area contributed by atoms with Crippen molar-refractivity contribution in [2.45, 2.75) is 30.7 Å². The van der Waals surface area contributed by atoms with Crippen molar-refractivity contribution >= 4 is 17.6 Å². The fourth-order valence-corrected chi connectivity index (χ4v) is 2.34. The number of rotatable bonds is 8. The van der Waals surface area contributed by atoms with Gasteiger partial charge in [0.1, 0.15) is 28.8 Å². The molecule has 1 unspecified atom stereocenters. The summed E-state index contributed by atoms with van der Waals surface area (Å²) in [7, 11) is 0. The molecule has 0 saturated carbocycles. The Labute approximate surface area is 201 Å². The van der Waals surface area contributed by atoms with Crippen molar-refractivity contribution in [2.75, 3.05) is 5.32 Å². The van der Waals surface area contributed by atoms with Gasteiger partial charge in [-0.3, -0.25) is 14.8 Å². The summed E-state index contributed by atoms with van der Waals surface area (Å²) in [6.45, 7) is 0. The molecule has 0 aliphatic carbocycles. The average Bonchev–Trinajstić information content (AvgIpc) is 2.74. The van der Waals surface area contributed by atoms with E-state index in [1.165, 1.54) is 5.32 Å². The highest BCUT2D eigenvalue weighted by molar-refractivity contribution is 6.08. The first-order valence-electron chi connectivity index (χ1n) is 9.26. The van der Waals surface area contributed by atoms with Crippen molar-refractivity contribution in [1.82, 2.24) is 5.32 Å². The molecule has 0 radical (unpaired) electrons. The van der Waals surface area contributed by atoms with Gasteiger partial charge < -0.3 is 10.1 Å². The van der Waals surface area contributed by atoms with Crippen molar-refractivity contribution < 1.29 is 76.1 Å². The summed E-state index contributed by atoms with van der Waals surface area (Å²) in [6, 6.07) is 1.22. The van der Waals surface area contributed by atoms with Crippen LogP contribution in [-0.2, 0) is 4.74 Å². The van der Waals surface area contributed by atoms with Gasteiger partial charge in [-0.2, -0.15) is 39.5 Å². The molecule has 0 aliphatic heterocycles. The fraction of sp³-hybridized carbons (Fsp3) is 0.263. The summed E-state index contributed by atoms with van der Waals surface area (Å²) in [4.78, 5) is 23.6. The molecule has 3 amide bonds. The molecule has 38 heavy (non-hydrogen) atoms. The van der Waals surface area contributed by atoms with Crippen LogP contribution in [0.15, 0.2) is 36.4 Å². The molecule has 2 aromatic carbocycles. The lowest BCUT2D eigenvalue weighted by Gasteiger charge is -2.30. The maximum absolute atomic E-state index is 14.1. The molecule has 0 heterocycles. The van der Waals surface area contributed by atoms with E-state index in [4.69, 9.17) is 0 Å². The second kappa shape index (κ2) is 10.5. The molecule has 19 heteroatoms. The van der Waals surface area contributed by atoms with Crippen LogP contribution in [-0.4, -0.2) is 42.6 Å². The molecule has 2 N–H and O–H groups in total. The third-order valence-corrected chi connectivity index (χ3v) is 4.10. The van der Waals surface area contributed by atoms with E-state index < -0.39 is 77.1 Å². The number of urea groups is 1. The number of carbonyl (C=O) groups is 2. The van der Waals surface area contributed by atoms with E-state index in [1.54, 1.807) is 5.32 Å². The molecule has 0 saturated heterocycles. The summed E-state index contributed by atoms with van der Waals surface area (Å²) in [5, 5.41) is 3.00.